The van der Waals surface area contributed by atoms with Crippen LogP contribution < -0.4 is 20.2 Å². The third-order valence-corrected chi connectivity index (χ3v) is 5.36. The third kappa shape index (κ3) is 6.01. The molecule has 12 heteroatoms. The smallest absolute Gasteiger partial charge is 0.374 e. The van der Waals surface area contributed by atoms with E-state index in [0.717, 1.165) is 11.3 Å². The zero-order valence-electron chi connectivity index (χ0n) is 15.8. The van der Waals surface area contributed by atoms with E-state index in [1.54, 1.807) is 12.1 Å². The molecule has 1 amide bonds. The fourth-order valence-electron chi connectivity index (χ4n) is 2.32. The molecule has 3 aromatic rings. The lowest BCUT2D eigenvalue weighted by molar-refractivity contribution is 0.102. The molecule has 0 saturated heterocycles. The maximum atomic E-state index is 12.6. The van der Waals surface area contributed by atoms with Crippen molar-refractivity contribution in [2.75, 3.05) is 5.32 Å². The Balaban J connectivity index is 1.86. The van der Waals surface area contributed by atoms with Crippen LogP contribution >= 0.6 is 30.5 Å². The third-order valence-electron chi connectivity index (χ3n) is 3.47. The number of nitrogens with zero attached hydrogens (tertiary/aromatic N) is 2. The number of hydrogen-bond acceptors (Lipinski definition) is 7. The van der Waals surface area contributed by atoms with Gasteiger partial charge in [0.1, 0.15) is 21.6 Å². The van der Waals surface area contributed by atoms with Gasteiger partial charge in [0.05, 0.1) is 18.5 Å². The topological polar surface area (TPSA) is 131 Å². The summed E-state index contributed by atoms with van der Waals surface area (Å²) in [5, 5.41) is 3.00. The second-order valence-corrected chi connectivity index (χ2v) is 9.49. The molecule has 0 bridgehead atoms. The summed E-state index contributed by atoms with van der Waals surface area (Å²) in [6.45, 7) is 3.69. The average Bonchev–Trinajstić information content (AvgIpc) is 3.05. The summed E-state index contributed by atoms with van der Waals surface area (Å²) in [6, 6.07) is 7.19. The lowest BCUT2D eigenvalue weighted by atomic mass is 10.2. The summed E-state index contributed by atoms with van der Waals surface area (Å²) in [7, 11) is -4.45. The largest absolute Gasteiger partial charge is 0.491 e. The molecule has 1 aromatic carbocycles. The predicted molar refractivity (Wildman–Crippen MR) is 113 cm³/mol. The molecule has 30 heavy (non-hydrogen) atoms. The minimum atomic E-state index is -4.45. The molecular formula is C18H17ClN3O6PS. The van der Waals surface area contributed by atoms with Crippen LogP contribution in [0.15, 0.2) is 42.7 Å². The first-order chi connectivity index (χ1) is 14.1. The fraction of sp³-hybridized carbons (Fsp3) is 0.167. The van der Waals surface area contributed by atoms with Gasteiger partial charge in [-0.05, 0) is 38.1 Å². The zero-order valence-corrected chi connectivity index (χ0v) is 18.2. The zero-order chi connectivity index (χ0) is 21.9. The quantitative estimate of drug-likeness (QED) is 0.445. The first-order valence-electron chi connectivity index (χ1n) is 8.54. The average molecular weight is 470 g/mol. The lowest BCUT2D eigenvalue weighted by Crippen LogP contribution is -2.13. The molecule has 158 valence electrons. The first kappa shape index (κ1) is 22.2. The van der Waals surface area contributed by atoms with Crippen molar-refractivity contribution in [3.63, 3.8) is 0 Å². The highest BCUT2D eigenvalue weighted by Crippen LogP contribution is 2.33. The van der Waals surface area contributed by atoms with Crippen LogP contribution in [0.5, 0.6) is 17.2 Å². The first-order valence-corrected chi connectivity index (χ1v) is 11.4. The van der Waals surface area contributed by atoms with Gasteiger partial charge in [-0.15, -0.1) is 0 Å². The van der Waals surface area contributed by atoms with Crippen LogP contribution in [0.3, 0.4) is 0 Å². The highest BCUT2D eigenvalue weighted by Gasteiger charge is 2.19. The summed E-state index contributed by atoms with van der Waals surface area (Å²) < 4.78 is 23.1. The minimum Gasteiger partial charge on any atom is -0.491 e. The molecule has 9 nitrogen and oxygen atoms in total. The number of carbonyl (C=O) groups excluding carboxylic acids is 1. The lowest BCUT2D eigenvalue weighted by Gasteiger charge is -2.14. The van der Waals surface area contributed by atoms with E-state index >= 15 is 0 Å². The summed E-state index contributed by atoms with van der Waals surface area (Å²) in [6.07, 6.45) is 2.48. The summed E-state index contributed by atoms with van der Waals surface area (Å²) in [5.41, 5.74) is -0.108. The normalized spacial score (nSPS) is 11.4. The van der Waals surface area contributed by atoms with E-state index in [9.17, 15) is 9.36 Å². The van der Waals surface area contributed by atoms with E-state index in [1.165, 1.54) is 30.6 Å². The van der Waals surface area contributed by atoms with Crippen molar-refractivity contribution in [1.29, 1.82) is 0 Å². The monoisotopic (exact) mass is 469 g/mol. The Bertz CT molecular complexity index is 1100. The number of nitrogens with one attached hydrogen (secondary N) is 1. The molecule has 0 fully saturated rings. The molecule has 0 spiro atoms. The van der Waals surface area contributed by atoms with Crippen LogP contribution in [0.1, 0.15) is 24.2 Å². The van der Waals surface area contributed by atoms with E-state index in [0.29, 0.717) is 15.2 Å². The van der Waals surface area contributed by atoms with Gasteiger partial charge in [-0.3, -0.25) is 14.7 Å². The van der Waals surface area contributed by atoms with E-state index in [-0.39, 0.29) is 28.6 Å². The Morgan fingerprint density at radius 2 is 1.87 bits per heavy atom. The SMILES string of the molecule is CC(C)Oc1cc(Oc2ccc(P(=O)(O)O)nc2)cc(C(=O)Nc2ncc(Cl)s2)c1. The van der Waals surface area contributed by atoms with E-state index < -0.39 is 13.5 Å². The Labute approximate surface area is 180 Å². The number of aromatic nitrogens is 2. The van der Waals surface area contributed by atoms with Crippen molar-refractivity contribution in [3.8, 4) is 17.2 Å². The Kier molecular flexibility index (Phi) is 6.74. The number of carbonyl (C=O) groups is 1. The highest BCUT2D eigenvalue weighted by molar-refractivity contribution is 7.60. The molecular weight excluding hydrogens is 453 g/mol. The maximum absolute atomic E-state index is 12.6. The molecule has 0 atom stereocenters. The van der Waals surface area contributed by atoms with Gasteiger partial charge in [-0.1, -0.05) is 22.9 Å². The van der Waals surface area contributed by atoms with Crippen LogP contribution in [0.2, 0.25) is 4.34 Å². The molecule has 0 aliphatic heterocycles. The van der Waals surface area contributed by atoms with Crippen molar-refractivity contribution in [2.24, 2.45) is 0 Å². The summed E-state index contributed by atoms with van der Waals surface area (Å²) in [5.74, 6) is 0.479. The maximum Gasteiger partial charge on any atom is 0.374 e. The number of benzene rings is 1. The molecule has 0 radical (unpaired) electrons. The number of thiazole rings is 1. The number of pyridine rings is 1. The second-order valence-electron chi connectivity index (χ2n) is 6.28. The molecule has 2 heterocycles. The van der Waals surface area contributed by atoms with Crippen molar-refractivity contribution in [1.82, 2.24) is 9.97 Å². The van der Waals surface area contributed by atoms with Crippen molar-refractivity contribution in [2.45, 2.75) is 20.0 Å². The number of amides is 1. The molecule has 0 aliphatic rings. The number of rotatable bonds is 7. The minimum absolute atomic E-state index is 0.141. The van der Waals surface area contributed by atoms with Crippen molar-refractivity contribution >= 4 is 47.0 Å². The van der Waals surface area contributed by atoms with Crippen molar-refractivity contribution in [3.05, 3.63) is 52.6 Å². The predicted octanol–water partition coefficient (Wildman–Crippen LogP) is 3.83. The molecule has 0 saturated carbocycles. The van der Waals surface area contributed by atoms with Crippen LogP contribution in [0.25, 0.3) is 0 Å². The summed E-state index contributed by atoms with van der Waals surface area (Å²) in [4.78, 5) is 38.6. The Hall–Kier alpha value is -2.49. The molecule has 0 aliphatic carbocycles. The van der Waals surface area contributed by atoms with Crippen LogP contribution in [0.4, 0.5) is 5.13 Å². The van der Waals surface area contributed by atoms with Gasteiger partial charge in [0, 0.05) is 11.6 Å². The molecule has 2 aromatic heterocycles. The van der Waals surface area contributed by atoms with Crippen molar-refractivity contribution < 1.29 is 28.6 Å². The number of anilines is 1. The standard InChI is InChI=1S/C18H17ClN3O6PS/c1-10(2)27-13-5-11(17(23)22-18-21-9-15(19)30-18)6-14(7-13)28-12-3-4-16(20-8-12)29(24,25)26/h3-10H,1-2H3,(H,21,22,23)(H2,24,25,26). The highest BCUT2D eigenvalue weighted by atomic mass is 35.5. The van der Waals surface area contributed by atoms with Gasteiger partial charge < -0.3 is 19.3 Å². The fourth-order valence-corrected chi connectivity index (χ4v) is 3.61. The van der Waals surface area contributed by atoms with Crippen LogP contribution in [0, 0.1) is 0 Å². The van der Waals surface area contributed by atoms with E-state index in [4.69, 9.17) is 30.9 Å². The Morgan fingerprint density at radius 1 is 1.13 bits per heavy atom. The van der Waals surface area contributed by atoms with Gasteiger partial charge in [-0.25, -0.2) is 9.97 Å². The van der Waals surface area contributed by atoms with Gasteiger partial charge in [0.25, 0.3) is 5.91 Å². The summed E-state index contributed by atoms with van der Waals surface area (Å²) >= 11 is 6.96. The van der Waals surface area contributed by atoms with E-state index in [2.05, 4.69) is 15.3 Å². The number of hydrogen-bond donors (Lipinski definition) is 3. The van der Waals surface area contributed by atoms with Gasteiger partial charge in [-0.2, -0.15) is 0 Å². The molecule has 0 unspecified atom stereocenters. The number of ether oxygens (including phenoxy) is 2. The van der Waals surface area contributed by atoms with Gasteiger partial charge in [0.2, 0.25) is 0 Å². The number of halogens is 1. The molecule has 3 N–H and O–H groups in total. The van der Waals surface area contributed by atoms with Crippen LogP contribution in [-0.4, -0.2) is 31.8 Å². The molecule has 3 rings (SSSR count). The van der Waals surface area contributed by atoms with Gasteiger partial charge >= 0.3 is 7.60 Å². The van der Waals surface area contributed by atoms with Gasteiger partial charge in [0.15, 0.2) is 10.6 Å². The Morgan fingerprint density at radius 3 is 2.43 bits per heavy atom. The second kappa shape index (κ2) is 9.11. The van der Waals surface area contributed by atoms with Crippen LogP contribution in [-0.2, 0) is 4.57 Å². The van der Waals surface area contributed by atoms with E-state index in [1.807, 2.05) is 13.8 Å².